The van der Waals surface area contributed by atoms with Crippen molar-refractivity contribution in [3.05, 3.63) is 56.8 Å². The van der Waals surface area contributed by atoms with Gasteiger partial charge in [0.1, 0.15) is 5.65 Å². The van der Waals surface area contributed by atoms with Crippen molar-refractivity contribution in [2.45, 2.75) is 20.4 Å². The molecule has 0 aliphatic rings. The van der Waals surface area contributed by atoms with Crippen LogP contribution in [0.4, 0.5) is 0 Å². The van der Waals surface area contributed by atoms with Crippen molar-refractivity contribution in [3.63, 3.8) is 0 Å². The van der Waals surface area contributed by atoms with Gasteiger partial charge in [0.15, 0.2) is 0 Å². The molecule has 2 aromatic heterocycles. The summed E-state index contributed by atoms with van der Waals surface area (Å²) in [6.07, 6.45) is 2.00. The first-order valence-electron chi connectivity index (χ1n) is 6.65. The van der Waals surface area contributed by atoms with E-state index in [9.17, 15) is 0 Å². The predicted molar refractivity (Wildman–Crippen MR) is 90.7 cm³/mol. The Labute approximate surface area is 136 Å². The molecular formula is C16H15BrClN3. The number of nitrogens with zero attached hydrogens (tertiary/aromatic N) is 2. The van der Waals surface area contributed by atoms with Crippen molar-refractivity contribution in [3.8, 4) is 11.3 Å². The van der Waals surface area contributed by atoms with E-state index in [-0.39, 0.29) is 0 Å². The summed E-state index contributed by atoms with van der Waals surface area (Å²) in [5.74, 6) is 0. The van der Waals surface area contributed by atoms with Crippen LogP contribution in [0.15, 0.2) is 34.9 Å². The van der Waals surface area contributed by atoms with Crippen LogP contribution in [-0.4, -0.2) is 9.38 Å². The third kappa shape index (κ3) is 2.48. The molecule has 21 heavy (non-hydrogen) atoms. The van der Waals surface area contributed by atoms with Gasteiger partial charge in [0.25, 0.3) is 0 Å². The molecule has 3 aromatic rings. The number of aryl methyl sites for hydroxylation is 2. The number of rotatable bonds is 2. The molecule has 0 aliphatic carbocycles. The number of hydrogen-bond acceptors (Lipinski definition) is 2. The molecule has 2 N–H and O–H groups in total. The zero-order chi connectivity index (χ0) is 15.1. The highest BCUT2D eigenvalue weighted by molar-refractivity contribution is 9.10. The fourth-order valence-electron chi connectivity index (χ4n) is 2.53. The lowest BCUT2D eigenvalue weighted by Crippen LogP contribution is -2.03. The maximum absolute atomic E-state index is 6.11. The highest BCUT2D eigenvalue weighted by Gasteiger charge is 2.15. The first-order valence-corrected chi connectivity index (χ1v) is 7.82. The average molecular weight is 365 g/mol. The van der Waals surface area contributed by atoms with Crippen molar-refractivity contribution < 1.29 is 0 Å². The first-order chi connectivity index (χ1) is 10.0. The van der Waals surface area contributed by atoms with Gasteiger partial charge in [-0.05, 0) is 59.1 Å². The van der Waals surface area contributed by atoms with Gasteiger partial charge in [-0.2, -0.15) is 0 Å². The molecule has 1 aromatic carbocycles. The van der Waals surface area contributed by atoms with Crippen molar-refractivity contribution in [2.24, 2.45) is 5.73 Å². The molecule has 0 unspecified atom stereocenters. The smallest absolute Gasteiger partial charge is 0.140 e. The molecule has 0 saturated carbocycles. The van der Waals surface area contributed by atoms with Gasteiger partial charge in [0.2, 0.25) is 0 Å². The number of hydrogen-bond donors (Lipinski definition) is 1. The molecule has 5 heteroatoms. The number of fused-ring (bicyclic) bond motifs is 1. The second kappa shape index (κ2) is 5.44. The molecule has 2 heterocycles. The fourth-order valence-corrected chi connectivity index (χ4v) is 3.20. The quantitative estimate of drug-likeness (QED) is 0.728. The molecule has 0 spiro atoms. The molecule has 3 rings (SSSR count). The lowest BCUT2D eigenvalue weighted by Gasteiger charge is -2.05. The van der Waals surface area contributed by atoms with E-state index in [2.05, 4.69) is 26.4 Å². The maximum atomic E-state index is 6.11. The number of nitrogens with two attached hydrogens (primary N) is 1. The van der Waals surface area contributed by atoms with Gasteiger partial charge in [-0.1, -0.05) is 17.7 Å². The number of aromatic nitrogens is 2. The summed E-state index contributed by atoms with van der Waals surface area (Å²) in [4.78, 5) is 4.78. The number of imidazole rings is 1. The average Bonchev–Trinajstić information content (AvgIpc) is 2.80. The fraction of sp³-hybridized carbons (Fsp3) is 0.188. The number of benzene rings is 1. The Kier molecular flexibility index (Phi) is 3.78. The molecule has 0 fully saturated rings. The van der Waals surface area contributed by atoms with E-state index < -0.39 is 0 Å². The molecule has 3 nitrogen and oxygen atoms in total. The van der Waals surface area contributed by atoms with Crippen LogP contribution in [0.25, 0.3) is 16.9 Å². The molecule has 0 saturated heterocycles. The van der Waals surface area contributed by atoms with E-state index in [1.165, 1.54) is 0 Å². The SMILES string of the molecule is Cc1cc(-c2nc3c(C)cc(Br)cn3c2CN)ccc1Cl. The Hall–Kier alpha value is -1.36. The highest BCUT2D eigenvalue weighted by Crippen LogP contribution is 2.29. The van der Waals surface area contributed by atoms with Gasteiger partial charge >= 0.3 is 0 Å². The summed E-state index contributed by atoms with van der Waals surface area (Å²) in [5, 5.41) is 0.760. The summed E-state index contributed by atoms with van der Waals surface area (Å²) in [5.41, 5.74) is 12.0. The molecule has 0 radical (unpaired) electrons. The standard InChI is InChI=1S/C16H15BrClN3/c1-9-5-11(3-4-13(9)18)15-14(7-19)21-8-12(17)6-10(2)16(21)20-15/h3-6,8H,7,19H2,1-2H3. The molecular weight excluding hydrogens is 350 g/mol. The van der Waals surface area contributed by atoms with Gasteiger partial charge in [0, 0.05) is 27.8 Å². The van der Waals surface area contributed by atoms with E-state index in [0.29, 0.717) is 6.54 Å². The van der Waals surface area contributed by atoms with Crippen molar-refractivity contribution in [1.29, 1.82) is 0 Å². The topological polar surface area (TPSA) is 43.3 Å². The van der Waals surface area contributed by atoms with Crippen molar-refractivity contribution in [1.82, 2.24) is 9.38 Å². The van der Waals surface area contributed by atoms with E-state index in [0.717, 1.165) is 43.2 Å². The lowest BCUT2D eigenvalue weighted by atomic mass is 10.1. The van der Waals surface area contributed by atoms with Crippen LogP contribution in [0.5, 0.6) is 0 Å². The van der Waals surface area contributed by atoms with Crippen LogP contribution < -0.4 is 5.73 Å². The Morgan fingerprint density at radius 2 is 2.00 bits per heavy atom. The van der Waals surface area contributed by atoms with Gasteiger partial charge in [-0.25, -0.2) is 4.98 Å². The summed E-state index contributed by atoms with van der Waals surface area (Å²) >= 11 is 9.64. The summed E-state index contributed by atoms with van der Waals surface area (Å²) in [6.45, 7) is 4.46. The third-order valence-corrected chi connectivity index (χ3v) is 4.45. The lowest BCUT2D eigenvalue weighted by molar-refractivity contribution is 0.956. The summed E-state index contributed by atoms with van der Waals surface area (Å²) in [7, 11) is 0. The summed E-state index contributed by atoms with van der Waals surface area (Å²) < 4.78 is 3.07. The van der Waals surface area contributed by atoms with Crippen molar-refractivity contribution >= 4 is 33.2 Å². The largest absolute Gasteiger partial charge is 0.325 e. The van der Waals surface area contributed by atoms with Crippen LogP contribution in [0, 0.1) is 13.8 Å². The highest BCUT2D eigenvalue weighted by atomic mass is 79.9. The van der Waals surface area contributed by atoms with Crippen LogP contribution in [0.3, 0.4) is 0 Å². The summed E-state index contributed by atoms with van der Waals surface area (Å²) in [6, 6.07) is 7.99. The molecule has 0 atom stereocenters. The van der Waals surface area contributed by atoms with E-state index in [4.69, 9.17) is 22.3 Å². The minimum Gasteiger partial charge on any atom is -0.325 e. The third-order valence-electron chi connectivity index (χ3n) is 3.59. The molecule has 0 amide bonds. The Morgan fingerprint density at radius 3 is 2.67 bits per heavy atom. The van der Waals surface area contributed by atoms with Crippen LogP contribution >= 0.6 is 27.5 Å². The van der Waals surface area contributed by atoms with Gasteiger partial charge in [0.05, 0.1) is 11.4 Å². The minimum atomic E-state index is 0.425. The van der Waals surface area contributed by atoms with Crippen molar-refractivity contribution in [2.75, 3.05) is 0 Å². The molecule has 108 valence electrons. The normalized spacial score (nSPS) is 11.3. The van der Waals surface area contributed by atoms with Crippen LogP contribution in [0.2, 0.25) is 5.02 Å². The zero-order valence-electron chi connectivity index (χ0n) is 11.8. The second-order valence-electron chi connectivity index (χ2n) is 5.11. The first kappa shape index (κ1) is 14.6. The van der Waals surface area contributed by atoms with Crippen LogP contribution in [-0.2, 0) is 6.54 Å². The van der Waals surface area contributed by atoms with E-state index in [1.54, 1.807) is 0 Å². The van der Waals surface area contributed by atoms with E-state index in [1.807, 2.05) is 38.2 Å². The van der Waals surface area contributed by atoms with Gasteiger partial charge in [-0.3, -0.25) is 0 Å². The Morgan fingerprint density at radius 1 is 1.24 bits per heavy atom. The monoisotopic (exact) mass is 363 g/mol. The molecule has 0 aliphatic heterocycles. The van der Waals surface area contributed by atoms with Gasteiger partial charge in [-0.15, -0.1) is 0 Å². The second-order valence-corrected chi connectivity index (χ2v) is 6.43. The minimum absolute atomic E-state index is 0.425. The Bertz CT molecular complexity index is 839. The van der Waals surface area contributed by atoms with Crippen LogP contribution in [0.1, 0.15) is 16.8 Å². The zero-order valence-corrected chi connectivity index (χ0v) is 14.2. The number of halogens is 2. The Balaban J connectivity index is 2.31. The predicted octanol–water partition coefficient (Wildman–Crippen LogP) is 4.49. The van der Waals surface area contributed by atoms with E-state index >= 15 is 0 Å². The maximum Gasteiger partial charge on any atom is 0.140 e. The number of pyridine rings is 1. The van der Waals surface area contributed by atoms with Gasteiger partial charge < -0.3 is 10.1 Å². The molecule has 0 bridgehead atoms.